The second-order valence-electron chi connectivity index (χ2n) is 10.9. The molecule has 6 rings (SSSR count). The Bertz CT molecular complexity index is 1530. The molecule has 5 nitrogen and oxygen atoms in total. The van der Waals surface area contributed by atoms with Crippen LogP contribution >= 0.6 is 11.6 Å². The number of carbonyl (C=O) groups is 1. The molecule has 204 valence electrons. The quantitative estimate of drug-likeness (QED) is 0.241. The molecular formula is C34H32ClNO4. The number of nitrogens with one attached hydrogen (secondary N) is 1. The van der Waals surface area contributed by atoms with Gasteiger partial charge in [-0.25, -0.2) is 4.79 Å². The van der Waals surface area contributed by atoms with Gasteiger partial charge in [-0.3, -0.25) is 0 Å². The third-order valence-electron chi connectivity index (χ3n) is 8.80. The molecule has 0 radical (unpaired) electrons. The number of benzene rings is 4. The van der Waals surface area contributed by atoms with Crippen molar-refractivity contribution in [3.63, 3.8) is 0 Å². The van der Waals surface area contributed by atoms with Crippen molar-refractivity contribution in [1.82, 2.24) is 0 Å². The summed E-state index contributed by atoms with van der Waals surface area (Å²) in [6, 6.07) is 31.8. The van der Waals surface area contributed by atoms with Gasteiger partial charge in [-0.05, 0) is 109 Å². The SMILES string of the molecule is COc1ccc2c(c1)C1(CCC(Nc3cccc(Cl)c3)(C(=O)O)CC1)C(c1cccc(Oc3ccccc3)c1)C2. The number of rotatable bonds is 7. The van der Waals surface area contributed by atoms with Gasteiger partial charge in [-0.15, -0.1) is 0 Å². The van der Waals surface area contributed by atoms with Crippen LogP contribution in [0.5, 0.6) is 17.2 Å². The van der Waals surface area contributed by atoms with Crippen LogP contribution in [0.1, 0.15) is 48.3 Å². The van der Waals surface area contributed by atoms with Gasteiger partial charge in [0.1, 0.15) is 22.8 Å². The first-order chi connectivity index (χ1) is 19.4. The van der Waals surface area contributed by atoms with Gasteiger partial charge < -0.3 is 19.9 Å². The number of ether oxygens (including phenoxy) is 2. The molecule has 6 heteroatoms. The van der Waals surface area contributed by atoms with Crippen molar-refractivity contribution < 1.29 is 19.4 Å². The molecule has 4 aromatic rings. The van der Waals surface area contributed by atoms with Gasteiger partial charge in [0.05, 0.1) is 7.11 Å². The Morgan fingerprint density at radius 3 is 2.33 bits per heavy atom. The molecule has 0 aliphatic heterocycles. The lowest BCUT2D eigenvalue weighted by Gasteiger charge is -2.47. The van der Waals surface area contributed by atoms with Gasteiger partial charge in [0, 0.05) is 16.1 Å². The highest BCUT2D eigenvalue weighted by Crippen LogP contribution is 2.58. The molecule has 1 spiro atoms. The maximum absolute atomic E-state index is 12.8. The summed E-state index contributed by atoms with van der Waals surface area (Å²) < 4.78 is 11.8. The molecule has 4 aromatic carbocycles. The third-order valence-corrected chi connectivity index (χ3v) is 9.03. The zero-order valence-electron chi connectivity index (χ0n) is 22.4. The number of halogens is 1. The lowest BCUT2D eigenvalue weighted by atomic mass is 9.59. The highest BCUT2D eigenvalue weighted by Gasteiger charge is 2.54. The average Bonchev–Trinajstić information content (AvgIpc) is 3.28. The maximum atomic E-state index is 12.8. The van der Waals surface area contributed by atoms with E-state index in [-0.39, 0.29) is 11.3 Å². The number of para-hydroxylation sites is 1. The highest BCUT2D eigenvalue weighted by atomic mass is 35.5. The molecular weight excluding hydrogens is 522 g/mol. The first-order valence-electron chi connectivity index (χ1n) is 13.7. The Kier molecular flexibility index (Phi) is 6.93. The number of aliphatic carboxylic acids is 1. The number of fused-ring (bicyclic) bond motifs is 2. The van der Waals surface area contributed by atoms with E-state index in [1.54, 1.807) is 19.2 Å². The lowest BCUT2D eigenvalue weighted by Crippen LogP contribution is -2.52. The van der Waals surface area contributed by atoms with Crippen molar-refractivity contribution >= 4 is 23.3 Å². The Balaban J connectivity index is 1.36. The van der Waals surface area contributed by atoms with Crippen LogP contribution in [0.15, 0.2) is 97.1 Å². The minimum Gasteiger partial charge on any atom is -0.497 e. The number of carboxylic acids is 1. The Labute approximate surface area is 239 Å². The van der Waals surface area contributed by atoms with E-state index < -0.39 is 11.5 Å². The summed E-state index contributed by atoms with van der Waals surface area (Å²) >= 11 is 6.21. The van der Waals surface area contributed by atoms with Crippen LogP contribution in [0.3, 0.4) is 0 Å². The van der Waals surface area contributed by atoms with E-state index in [0.29, 0.717) is 17.9 Å². The number of methoxy groups -OCH3 is 1. The zero-order valence-corrected chi connectivity index (χ0v) is 23.2. The van der Waals surface area contributed by atoms with E-state index in [4.69, 9.17) is 21.1 Å². The van der Waals surface area contributed by atoms with Crippen LogP contribution in [-0.2, 0) is 16.6 Å². The summed E-state index contributed by atoms with van der Waals surface area (Å²) in [5.74, 6) is 1.77. The molecule has 2 aliphatic carbocycles. The van der Waals surface area contributed by atoms with E-state index in [1.807, 2.05) is 54.6 Å². The van der Waals surface area contributed by atoms with Gasteiger partial charge >= 0.3 is 5.97 Å². The molecule has 0 bridgehead atoms. The van der Waals surface area contributed by atoms with Crippen LogP contribution in [0.2, 0.25) is 5.02 Å². The molecule has 1 fully saturated rings. The smallest absolute Gasteiger partial charge is 0.329 e. The second-order valence-corrected chi connectivity index (χ2v) is 11.4. The van der Waals surface area contributed by atoms with Crippen molar-refractivity contribution in [3.8, 4) is 17.2 Å². The van der Waals surface area contributed by atoms with Crippen LogP contribution in [0.25, 0.3) is 0 Å². The Hall–Kier alpha value is -3.96. The maximum Gasteiger partial charge on any atom is 0.329 e. The first kappa shape index (κ1) is 26.3. The van der Waals surface area contributed by atoms with Crippen molar-refractivity contribution in [2.45, 2.75) is 49.0 Å². The minimum absolute atomic E-state index is 0.187. The molecule has 1 atom stereocenters. The van der Waals surface area contributed by atoms with Gasteiger partial charge in [0.15, 0.2) is 0 Å². The molecule has 0 saturated heterocycles. The molecule has 40 heavy (non-hydrogen) atoms. The van der Waals surface area contributed by atoms with E-state index >= 15 is 0 Å². The number of carboxylic acid groups (broad SMARTS) is 1. The molecule has 1 saturated carbocycles. The van der Waals surface area contributed by atoms with Crippen LogP contribution in [0, 0.1) is 0 Å². The summed E-state index contributed by atoms with van der Waals surface area (Å²) in [4.78, 5) is 12.8. The molecule has 2 aliphatic rings. The molecule has 0 aromatic heterocycles. The Morgan fingerprint density at radius 2 is 1.60 bits per heavy atom. The van der Waals surface area contributed by atoms with Gasteiger partial charge in [0.25, 0.3) is 0 Å². The average molecular weight is 554 g/mol. The van der Waals surface area contributed by atoms with E-state index in [0.717, 1.165) is 42.2 Å². The predicted molar refractivity (Wildman–Crippen MR) is 158 cm³/mol. The standard InChI is InChI=1S/C34H32ClNO4/c1-39-28-14-13-24-20-30(23-7-5-12-29(19-23)40-27-10-3-2-4-11-27)33(31(24)22-28)15-17-34(18-16-33,32(37)38)36-26-9-6-8-25(35)21-26/h2-14,19,21-22,30,36H,15-18,20H2,1H3,(H,37,38). The van der Waals surface area contributed by atoms with Crippen molar-refractivity contribution in [2.24, 2.45) is 0 Å². The predicted octanol–water partition coefficient (Wildman–Crippen LogP) is 8.23. The number of hydrogen-bond donors (Lipinski definition) is 2. The largest absolute Gasteiger partial charge is 0.497 e. The fourth-order valence-electron chi connectivity index (χ4n) is 6.76. The molecule has 0 amide bonds. The summed E-state index contributed by atoms with van der Waals surface area (Å²) in [7, 11) is 1.69. The van der Waals surface area contributed by atoms with E-state index in [2.05, 4.69) is 35.6 Å². The van der Waals surface area contributed by atoms with Gasteiger partial charge in [0.2, 0.25) is 0 Å². The lowest BCUT2D eigenvalue weighted by molar-refractivity contribution is -0.144. The van der Waals surface area contributed by atoms with E-state index in [9.17, 15) is 9.90 Å². The summed E-state index contributed by atoms with van der Waals surface area (Å²) in [5.41, 5.74) is 3.21. The first-order valence-corrected chi connectivity index (χ1v) is 14.1. The highest BCUT2D eigenvalue weighted by molar-refractivity contribution is 6.30. The second kappa shape index (κ2) is 10.5. The number of hydrogen-bond acceptors (Lipinski definition) is 4. The topological polar surface area (TPSA) is 67.8 Å². The molecule has 2 N–H and O–H groups in total. The van der Waals surface area contributed by atoms with Crippen LogP contribution in [0.4, 0.5) is 5.69 Å². The summed E-state index contributed by atoms with van der Waals surface area (Å²) in [5, 5.41) is 14.4. The fourth-order valence-corrected chi connectivity index (χ4v) is 6.95. The summed E-state index contributed by atoms with van der Waals surface area (Å²) in [6.45, 7) is 0. The number of anilines is 1. The van der Waals surface area contributed by atoms with Crippen LogP contribution in [-0.4, -0.2) is 23.7 Å². The molecule has 0 heterocycles. The van der Waals surface area contributed by atoms with Gasteiger partial charge in [-0.2, -0.15) is 0 Å². The zero-order chi connectivity index (χ0) is 27.7. The third kappa shape index (κ3) is 4.79. The minimum atomic E-state index is -1.07. The Morgan fingerprint density at radius 1 is 0.850 bits per heavy atom. The van der Waals surface area contributed by atoms with Crippen LogP contribution < -0.4 is 14.8 Å². The normalized spacial score (nSPS) is 23.4. The molecule has 1 unspecified atom stereocenters. The van der Waals surface area contributed by atoms with Crippen molar-refractivity contribution in [1.29, 1.82) is 0 Å². The summed E-state index contributed by atoms with van der Waals surface area (Å²) in [6.07, 6.45) is 3.31. The monoisotopic (exact) mass is 553 g/mol. The fraction of sp³-hybridized carbons (Fsp3) is 0.265. The van der Waals surface area contributed by atoms with Crippen molar-refractivity contribution in [2.75, 3.05) is 12.4 Å². The van der Waals surface area contributed by atoms with E-state index in [1.165, 1.54) is 16.7 Å². The van der Waals surface area contributed by atoms with Crippen molar-refractivity contribution in [3.05, 3.63) is 119 Å². The van der Waals surface area contributed by atoms with Gasteiger partial charge in [-0.1, -0.05) is 54.1 Å².